The summed E-state index contributed by atoms with van der Waals surface area (Å²) >= 11 is 5.97. The molecule has 0 amide bonds. The second kappa shape index (κ2) is 4.63. The maximum atomic E-state index is 13.7. The Morgan fingerprint density at radius 2 is 1.89 bits per heavy atom. The van der Waals surface area contributed by atoms with Crippen LogP contribution in [0.4, 0.5) is 4.39 Å². The number of Topliss-reactive ketones (excluding diaryl/α,β-unsaturated/α-hetero) is 1. The van der Waals surface area contributed by atoms with Gasteiger partial charge in [-0.05, 0) is 23.8 Å². The molecule has 0 spiro atoms. The highest BCUT2D eigenvalue weighted by atomic mass is 35.5. The molecule has 2 aromatic carbocycles. The first-order valence-electron chi connectivity index (χ1n) is 5.94. The lowest BCUT2D eigenvalue weighted by Gasteiger charge is -2.01. The SMILES string of the molecule is O=C1/C(=C/c2c(F)cccc2Cl)Cc2ccccc21. The zero-order valence-corrected chi connectivity index (χ0v) is 10.7. The van der Waals surface area contributed by atoms with Gasteiger partial charge in [-0.15, -0.1) is 0 Å². The van der Waals surface area contributed by atoms with Crippen molar-refractivity contribution in [2.24, 2.45) is 0 Å². The highest BCUT2D eigenvalue weighted by Gasteiger charge is 2.24. The van der Waals surface area contributed by atoms with Crippen LogP contribution < -0.4 is 0 Å². The van der Waals surface area contributed by atoms with E-state index in [9.17, 15) is 9.18 Å². The minimum absolute atomic E-state index is 0.0464. The predicted molar refractivity (Wildman–Crippen MR) is 73.9 cm³/mol. The van der Waals surface area contributed by atoms with Crippen molar-refractivity contribution in [3.8, 4) is 0 Å². The molecule has 3 rings (SSSR count). The summed E-state index contributed by atoms with van der Waals surface area (Å²) in [5, 5.41) is 0.316. The van der Waals surface area contributed by atoms with Gasteiger partial charge in [-0.1, -0.05) is 41.9 Å². The molecule has 0 radical (unpaired) electrons. The summed E-state index contributed by atoms with van der Waals surface area (Å²) in [6.45, 7) is 0. The molecule has 0 unspecified atom stereocenters. The zero-order valence-electron chi connectivity index (χ0n) is 9.99. The fourth-order valence-electron chi connectivity index (χ4n) is 2.29. The summed E-state index contributed by atoms with van der Waals surface area (Å²) in [7, 11) is 0. The van der Waals surface area contributed by atoms with E-state index in [1.54, 1.807) is 24.3 Å². The van der Waals surface area contributed by atoms with Crippen molar-refractivity contribution in [3.05, 3.63) is 75.6 Å². The Bertz CT molecular complexity index is 683. The van der Waals surface area contributed by atoms with E-state index in [2.05, 4.69) is 0 Å². The molecule has 2 aromatic rings. The maximum Gasteiger partial charge on any atom is 0.189 e. The smallest absolute Gasteiger partial charge is 0.189 e. The van der Waals surface area contributed by atoms with E-state index in [0.717, 1.165) is 5.56 Å². The van der Waals surface area contributed by atoms with Crippen LogP contribution in [0.3, 0.4) is 0 Å². The molecule has 19 heavy (non-hydrogen) atoms. The van der Waals surface area contributed by atoms with Gasteiger partial charge in [0.15, 0.2) is 5.78 Å². The van der Waals surface area contributed by atoms with E-state index in [4.69, 9.17) is 11.6 Å². The molecule has 1 nitrogen and oxygen atoms in total. The largest absolute Gasteiger partial charge is 0.289 e. The Kier molecular flexibility index (Phi) is 2.96. The number of allylic oxidation sites excluding steroid dienone is 1. The molecule has 3 heteroatoms. The van der Waals surface area contributed by atoms with Gasteiger partial charge in [0, 0.05) is 23.1 Å². The average molecular weight is 273 g/mol. The summed E-state index contributed by atoms with van der Waals surface area (Å²) in [6, 6.07) is 11.9. The van der Waals surface area contributed by atoms with E-state index >= 15 is 0 Å². The highest BCUT2D eigenvalue weighted by molar-refractivity contribution is 6.32. The van der Waals surface area contributed by atoms with Crippen LogP contribution in [-0.4, -0.2) is 5.78 Å². The third kappa shape index (κ3) is 2.08. The van der Waals surface area contributed by atoms with Crippen molar-refractivity contribution < 1.29 is 9.18 Å². The third-order valence-corrected chi connectivity index (χ3v) is 3.58. The molecule has 0 fully saturated rings. The lowest BCUT2D eigenvalue weighted by atomic mass is 10.1. The van der Waals surface area contributed by atoms with Gasteiger partial charge in [0.1, 0.15) is 5.82 Å². The van der Waals surface area contributed by atoms with Crippen LogP contribution in [0.1, 0.15) is 21.5 Å². The summed E-state index contributed by atoms with van der Waals surface area (Å²) < 4.78 is 13.7. The Hall–Kier alpha value is -1.93. The Labute approximate surface area is 115 Å². The van der Waals surface area contributed by atoms with Gasteiger partial charge in [-0.2, -0.15) is 0 Å². The van der Waals surface area contributed by atoms with Crippen molar-refractivity contribution in [3.63, 3.8) is 0 Å². The lowest BCUT2D eigenvalue weighted by Crippen LogP contribution is -1.96. The van der Waals surface area contributed by atoms with Crippen LogP contribution in [0, 0.1) is 5.82 Å². The summed E-state index contributed by atoms with van der Waals surface area (Å²) in [5.41, 5.74) is 2.53. The summed E-state index contributed by atoms with van der Waals surface area (Å²) in [5.74, 6) is -0.460. The van der Waals surface area contributed by atoms with Crippen molar-refractivity contribution in [1.29, 1.82) is 0 Å². The molecule has 0 heterocycles. The third-order valence-electron chi connectivity index (χ3n) is 3.25. The van der Waals surface area contributed by atoms with E-state index in [1.807, 2.05) is 18.2 Å². The highest BCUT2D eigenvalue weighted by Crippen LogP contribution is 2.30. The molecule has 0 atom stereocenters. The number of fused-ring (bicyclic) bond motifs is 1. The number of hydrogen-bond acceptors (Lipinski definition) is 1. The molecule has 0 bridgehead atoms. The van der Waals surface area contributed by atoms with Gasteiger partial charge < -0.3 is 0 Å². The molecule has 1 aliphatic rings. The van der Waals surface area contributed by atoms with Gasteiger partial charge in [0.2, 0.25) is 0 Å². The normalized spacial score (nSPS) is 15.9. The molecule has 0 saturated carbocycles. The van der Waals surface area contributed by atoms with Gasteiger partial charge >= 0.3 is 0 Å². The second-order valence-corrected chi connectivity index (χ2v) is 4.88. The van der Waals surface area contributed by atoms with Gasteiger partial charge in [0.05, 0.1) is 5.02 Å². The standard InChI is InChI=1S/C16H10ClFO/c17-14-6-3-7-15(18)13(14)9-11-8-10-4-1-2-5-12(10)16(11)19/h1-7,9H,8H2/b11-9+. The number of halogens is 2. The van der Waals surface area contributed by atoms with E-state index < -0.39 is 5.82 Å². The van der Waals surface area contributed by atoms with Crippen LogP contribution in [0.5, 0.6) is 0 Å². The van der Waals surface area contributed by atoms with Gasteiger partial charge in [0.25, 0.3) is 0 Å². The van der Waals surface area contributed by atoms with Crippen LogP contribution >= 0.6 is 11.6 Å². The molecule has 0 N–H and O–H groups in total. The number of rotatable bonds is 1. The van der Waals surface area contributed by atoms with Crippen molar-refractivity contribution >= 4 is 23.5 Å². The molecule has 0 aliphatic heterocycles. The maximum absolute atomic E-state index is 13.7. The Morgan fingerprint density at radius 1 is 1.11 bits per heavy atom. The molecule has 94 valence electrons. The quantitative estimate of drug-likeness (QED) is 0.707. The Morgan fingerprint density at radius 3 is 2.63 bits per heavy atom. The molecular weight excluding hydrogens is 263 g/mol. The first kappa shape index (κ1) is 12.1. The predicted octanol–water partition coefficient (Wildman–Crippen LogP) is 4.30. The Balaban J connectivity index is 2.06. The molecule has 1 aliphatic carbocycles. The zero-order chi connectivity index (χ0) is 13.4. The van der Waals surface area contributed by atoms with Gasteiger partial charge in [-0.3, -0.25) is 4.79 Å². The first-order chi connectivity index (χ1) is 9.16. The van der Waals surface area contributed by atoms with E-state index in [0.29, 0.717) is 22.6 Å². The minimum Gasteiger partial charge on any atom is -0.289 e. The van der Waals surface area contributed by atoms with Crippen LogP contribution in [-0.2, 0) is 6.42 Å². The van der Waals surface area contributed by atoms with Crippen molar-refractivity contribution in [2.75, 3.05) is 0 Å². The topological polar surface area (TPSA) is 17.1 Å². The van der Waals surface area contributed by atoms with Crippen LogP contribution in [0.15, 0.2) is 48.0 Å². The van der Waals surface area contributed by atoms with Crippen molar-refractivity contribution in [1.82, 2.24) is 0 Å². The molecular formula is C16H10ClFO. The number of benzene rings is 2. The van der Waals surface area contributed by atoms with Gasteiger partial charge in [-0.25, -0.2) is 4.39 Å². The number of carbonyl (C=O) groups is 1. The monoisotopic (exact) mass is 272 g/mol. The van der Waals surface area contributed by atoms with E-state index in [1.165, 1.54) is 6.07 Å². The number of carbonyl (C=O) groups excluding carboxylic acids is 1. The second-order valence-electron chi connectivity index (χ2n) is 4.47. The lowest BCUT2D eigenvalue weighted by molar-refractivity contribution is 0.104. The molecule has 0 aromatic heterocycles. The fourth-order valence-corrected chi connectivity index (χ4v) is 2.51. The number of hydrogen-bond donors (Lipinski definition) is 0. The number of ketones is 1. The van der Waals surface area contributed by atoms with E-state index in [-0.39, 0.29) is 11.3 Å². The van der Waals surface area contributed by atoms with Crippen LogP contribution in [0.25, 0.3) is 6.08 Å². The van der Waals surface area contributed by atoms with Crippen molar-refractivity contribution in [2.45, 2.75) is 6.42 Å². The molecule has 0 saturated heterocycles. The minimum atomic E-state index is -0.413. The summed E-state index contributed by atoms with van der Waals surface area (Å²) in [4.78, 5) is 12.2. The summed E-state index contributed by atoms with van der Waals surface area (Å²) in [6.07, 6.45) is 2.08. The van der Waals surface area contributed by atoms with Crippen LogP contribution in [0.2, 0.25) is 5.02 Å². The fraction of sp³-hybridized carbons (Fsp3) is 0.0625. The average Bonchev–Trinajstić information content (AvgIpc) is 2.72. The first-order valence-corrected chi connectivity index (χ1v) is 6.32.